The Hall–Kier alpha value is -1.18. The standard InChI is InChI=1S/C18H30O2/c1-5-16(19)14-12-10-8-6-7-9-11-13-15-17(20)18(2,3)4/h8-11H,5-7,12-15H2,1-4H3/b10-8+,11-9+. The van der Waals surface area contributed by atoms with Crippen molar-refractivity contribution in [3.63, 3.8) is 0 Å². The molecule has 0 bridgehead atoms. The van der Waals surface area contributed by atoms with Gasteiger partial charge in [0.25, 0.3) is 0 Å². The molecule has 2 nitrogen and oxygen atoms in total. The summed E-state index contributed by atoms with van der Waals surface area (Å²) in [4.78, 5) is 22.8. The lowest BCUT2D eigenvalue weighted by Gasteiger charge is -2.15. The van der Waals surface area contributed by atoms with Crippen LogP contribution in [0.4, 0.5) is 0 Å². The maximum atomic E-state index is 11.7. The second-order valence-electron chi connectivity index (χ2n) is 6.16. The van der Waals surface area contributed by atoms with Crippen LogP contribution in [-0.4, -0.2) is 11.6 Å². The maximum Gasteiger partial charge on any atom is 0.138 e. The Morgan fingerprint density at radius 3 is 1.70 bits per heavy atom. The first-order chi connectivity index (χ1) is 9.38. The molecule has 0 rings (SSSR count). The first-order valence-corrected chi connectivity index (χ1v) is 7.73. The molecule has 0 saturated carbocycles. The van der Waals surface area contributed by atoms with Crippen LogP contribution < -0.4 is 0 Å². The van der Waals surface area contributed by atoms with Gasteiger partial charge < -0.3 is 0 Å². The first-order valence-electron chi connectivity index (χ1n) is 7.73. The van der Waals surface area contributed by atoms with Crippen LogP contribution in [-0.2, 0) is 9.59 Å². The van der Waals surface area contributed by atoms with Crippen LogP contribution >= 0.6 is 0 Å². The number of allylic oxidation sites excluding steroid dienone is 4. The molecule has 0 heterocycles. The third-order valence-corrected chi connectivity index (χ3v) is 3.19. The maximum absolute atomic E-state index is 11.7. The topological polar surface area (TPSA) is 34.1 Å². The monoisotopic (exact) mass is 278 g/mol. The second-order valence-corrected chi connectivity index (χ2v) is 6.16. The highest BCUT2D eigenvalue weighted by Gasteiger charge is 2.19. The minimum absolute atomic E-state index is 0.216. The van der Waals surface area contributed by atoms with Gasteiger partial charge in [-0.05, 0) is 25.7 Å². The predicted molar refractivity (Wildman–Crippen MR) is 85.7 cm³/mol. The van der Waals surface area contributed by atoms with Crippen molar-refractivity contribution in [2.24, 2.45) is 5.41 Å². The van der Waals surface area contributed by atoms with Gasteiger partial charge in [-0.25, -0.2) is 0 Å². The van der Waals surface area contributed by atoms with E-state index >= 15 is 0 Å². The number of carbonyl (C=O) groups excluding carboxylic acids is 2. The Balaban J connectivity index is 3.56. The van der Waals surface area contributed by atoms with Gasteiger partial charge in [-0.3, -0.25) is 9.59 Å². The molecule has 0 aliphatic heterocycles. The third-order valence-electron chi connectivity index (χ3n) is 3.19. The quantitative estimate of drug-likeness (QED) is 0.414. The zero-order valence-electron chi connectivity index (χ0n) is 13.6. The van der Waals surface area contributed by atoms with Gasteiger partial charge in [0.15, 0.2) is 0 Å². The van der Waals surface area contributed by atoms with E-state index in [0.717, 1.165) is 25.7 Å². The molecule has 0 aromatic rings. The van der Waals surface area contributed by atoms with E-state index in [4.69, 9.17) is 0 Å². The lowest BCUT2D eigenvalue weighted by Crippen LogP contribution is -2.19. The number of carbonyl (C=O) groups is 2. The molecular weight excluding hydrogens is 248 g/mol. The van der Waals surface area contributed by atoms with Crippen molar-refractivity contribution in [3.8, 4) is 0 Å². The molecule has 0 atom stereocenters. The highest BCUT2D eigenvalue weighted by atomic mass is 16.1. The molecule has 0 unspecified atom stereocenters. The molecule has 114 valence electrons. The predicted octanol–water partition coefficient (Wildman–Crippen LogP) is 5.03. The van der Waals surface area contributed by atoms with Gasteiger partial charge in [-0.15, -0.1) is 0 Å². The van der Waals surface area contributed by atoms with E-state index in [1.165, 1.54) is 0 Å². The molecule has 0 saturated heterocycles. The van der Waals surface area contributed by atoms with Crippen LogP contribution in [0.15, 0.2) is 24.3 Å². The zero-order chi connectivity index (χ0) is 15.4. The number of hydrogen-bond acceptors (Lipinski definition) is 2. The normalized spacial score (nSPS) is 12.4. The third kappa shape index (κ3) is 10.7. The average Bonchev–Trinajstić information content (AvgIpc) is 2.39. The molecule has 0 aromatic carbocycles. The van der Waals surface area contributed by atoms with Gasteiger partial charge in [-0.2, -0.15) is 0 Å². The Morgan fingerprint density at radius 2 is 1.25 bits per heavy atom. The fourth-order valence-corrected chi connectivity index (χ4v) is 1.67. The fourth-order valence-electron chi connectivity index (χ4n) is 1.67. The molecule has 0 N–H and O–H groups in total. The van der Waals surface area contributed by atoms with Crippen LogP contribution in [0.1, 0.15) is 72.6 Å². The van der Waals surface area contributed by atoms with Gasteiger partial charge in [0.05, 0.1) is 0 Å². The summed E-state index contributed by atoms with van der Waals surface area (Å²) in [5.41, 5.74) is -0.216. The molecule has 0 aliphatic rings. The van der Waals surface area contributed by atoms with Crippen molar-refractivity contribution in [2.75, 3.05) is 0 Å². The van der Waals surface area contributed by atoms with Crippen molar-refractivity contribution >= 4 is 11.6 Å². The fraction of sp³-hybridized carbons (Fsp3) is 0.667. The van der Waals surface area contributed by atoms with Crippen molar-refractivity contribution in [2.45, 2.75) is 72.6 Å². The molecule has 20 heavy (non-hydrogen) atoms. The van der Waals surface area contributed by atoms with Gasteiger partial charge in [0.2, 0.25) is 0 Å². The van der Waals surface area contributed by atoms with Gasteiger partial charge in [-0.1, -0.05) is 52.0 Å². The summed E-state index contributed by atoms with van der Waals surface area (Å²) in [5.74, 6) is 0.653. The molecular formula is C18H30O2. The summed E-state index contributed by atoms with van der Waals surface area (Å²) < 4.78 is 0. The van der Waals surface area contributed by atoms with Crippen LogP contribution in [0.25, 0.3) is 0 Å². The lowest BCUT2D eigenvalue weighted by atomic mass is 9.88. The van der Waals surface area contributed by atoms with E-state index in [1.54, 1.807) is 0 Å². The highest BCUT2D eigenvalue weighted by molar-refractivity contribution is 5.83. The molecule has 2 heteroatoms. The van der Waals surface area contributed by atoms with Gasteiger partial charge in [0, 0.05) is 24.7 Å². The van der Waals surface area contributed by atoms with E-state index in [0.29, 0.717) is 30.8 Å². The molecule has 0 radical (unpaired) electrons. The molecule has 0 spiro atoms. The molecule has 0 fully saturated rings. The number of ketones is 2. The second kappa shape index (κ2) is 10.6. The Kier molecular flexibility index (Phi) is 9.96. The number of Topliss-reactive ketones (excluding diaryl/α,β-unsaturated/α-hetero) is 2. The van der Waals surface area contributed by atoms with E-state index in [9.17, 15) is 9.59 Å². The molecule has 0 amide bonds. The number of hydrogen-bond donors (Lipinski definition) is 0. The summed E-state index contributed by atoms with van der Waals surface area (Å²) in [6, 6.07) is 0. The van der Waals surface area contributed by atoms with Gasteiger partial charge >= 0.3 is 0 Å². The Bertz CT molecular complexity index is 343. The summed E-state index contributed by atoms with van der Waals surface area (Å²) in [5, 5.41) is 0. The molecule has 0 aliphatic carbocycles. The summed E-state index contributed by atoms with van der Waals surface area (Å²) in [6.07, 6.45) is 14.1. The largest absolute Gasteiger partial charge is 0.300 e. The van der Waals surface area contributed by atoms with Gasteiger partial charge in [0.1, 0.15) is 11.6 Å². The van der Waals surface area contributed by atoms with Crippen molar-refractivity contribution in [1.29, 1.82) is 0 Å². The zero-order valence-corrected chi connectivity index (χ0v) is 13.6. The smallest absolute Gasteiger partial charge is 0.138 e. The SMILES string of the molecule is CCC(=O)CC/C=C/CC/C=C/CCC(=O)C(C)(C)C. The molecule has 0 aromatic heterocycles. The van der Waals surface area contributed by atoms with Crippen LogP contribution in [0, 0.1) is 5.41 Å². The van der Waals surface area contributed by atoms with Crippen LogP contribution in [0.5, 0.6) is 0 Å². The van der Waals surface area contributed by atoms with Crippen molar-refractivity contribution in [1.82, 2.24) is 0 Å². The van der Waals surface area contributed by atoms with Crippen molar-refractivity contribution < 1.29 is 9.59 Å². The minimum Gasteiger partial charge on any atom is -0.300 e. The Labute approximate surface area is 124 Å². The van der Waals surface area contributed by atoms with E-state index in [2.05, 4.69) is 24.3 Å². The summed E-state index contributed by atoms with van der Waals surface area (Å²) in [6.45, 7) is 7.80. The van der Waals surface area contributed by atoms with E-state index in [1.807, 2.05) is 27.7 Å². The van der Waals surface area contributed by atoms with E-state index in [-0.39, 0.29) is 5.41 Å². The first kappa shape index (κ1) is 18.8. The van der Waals surface area contributed by atoms with Crippen LogP contribution in [0.3, 0.4) is 0 Å². The lowest BCUT2D eigenvalue weighted by molar-refractivity contribution is -0.126. The average molecular weight is 278 g/mol. The van der Waals surface area contributed by atoms with E-state index < -0.39 is 0 Å². The van der Waals surface area contributed by atoms with Crippen LogP contribution in [0.2, 0.25) is 0 Å². The highest BCUT2D eigenvalue weighted by Crippen LogP contribution is 2.17. The minimum atomic E-state index is -0.216. The Morgan fingerprint density at radius 1 is 0.800 bits per heavy atom. The summed E-state index contributed by atoms with van der Waals surface area (Å²) in [7, 11) is 0. The summed E-state index contributed by atoms with van der Waals surface area (Å²) >= 11 is 0. The number of rotatable bonds is 10. The number of unbranched alkanes of at least 4 members (excludes halogenated alkanes) is 1. The van der Waals surface area contributed by atoms with Crippen molar-refractivity contribution in [3.05, 3.63) is 24.3 Å².